The van der Waals surface area contributed by atoms with Crippen molar-refractivity contribution in [3.63, 3.8) is 0 Å². The van der Waals surface area contributed by atoms with Gasteiger partial charge < -0.3 is 9.72 Å². The third-order valence-electron chi connectivity index (χ3n) is 1.66. The number of methoxy groups -OCH3 is 1. The summed E-state index contributed by atoms with van der Waals surface area (Å²) in [6.45, 7) is 0.281. The number of hydrogen-bond donors (Lipinski definition) is 1. The summed E-state index contributed by atoms with van der Waals surface area (Å²) >= 11 is 0. The van der Waals surface area contributed by atoms with Crippen molar-refractivity contribution in [3.05, 3.63) is 40.0 Å². The van der Waals surface area contributed by atoms with Gasteiger partial charge in [-0.3, -0.25) is 0 Å². The lowest BCUT2D eigenvalue weighted by molar-refractivity contribution is 0.0595. The normalized spacial score (nSPS) is 9.93. The van der Waals surface area contributed by atoms with Crippen molar-refractivity contribution in [2.75, 3.05) is 13.7 Å². The topological polar surface area (TPSA) is 90.8 Å². The van der Waals surface area contributed by atoms with Crippen LogP contribution in [0, 0.1) is 0 Å². The summed E-state index contributed by atoms with van der Waals surface area (Å²) in [5.41, 5.74) is 9.17. The summed E-state index contributed by atoms with van der Waals surface area (Å²) in [6.07, 6.45) is 3.41. The van der Waals surface area contributed by atoms with E-state index in [-0.39, 0.29) is 6.54 Å². The SMILES string of the molecule is COC(=O)c1ccc(C=CCN=[N+]=[N-])[nH]1. The summed E-state index contributed by atoms with van der Waals surface area (Å²) in [5.74, 6) is -0.412. The molecule has 0 aliphatic rings. The Morgan fingerprint density at radius 1 is 1.73 bits per heavy atom. The Kier molecular flexibility index (Phi) is 4.00. The maximum Gasteiger partial charge on any atom is 0.354 e. The van der Waals surface area contributed by atoms with E-state index in [1.54, 1.807) is 24.3 Å². The average molecular weight is 206 g/mol. The summed E-state index contributed by atoms with van der Waals surface area (Å²) < 4.78 is 4.53. The van der Waals surface area contributed by atoms with Gasteiger partial charge in [0.25, 0.3) is 0 Å². The summed E-state index contributed by atoms with van der Waals surface area (Å²) in [6, 6.07) is 3.36. The molecular formula is C9H10N4O2. The lowest BCUT2D eigenvalue weighted by Gasteiger charge is -1.92. The number of aromatic amines is 1. The van der Waals surface area contributed by atoms with Crippen LogP contribution in [0.3, 0.4) is 0 Å². The second-order valence-corrected chi connectivity index (χ2v) is 2.63. The fourth-order valence-corrected chi connectivity index (χ4v) is 1.00. The van der Waals surface area contributed by atoms with Gasteiger partial charge in [0, 0.05) is 17.2 Å². The third kappa shape index (κ3) is 3.21. The quantitative estimate of drug-likeness (QED) is 0.353. The number of ether oxygens (including phenoxy) is 1. The Hall–Kier alpha value is -2.20. The van der Waals surface area contributed by atoms with Gasteiger partial charge in [-0.15, -0.1) is 0 Å². The zero-order chi connectivity index (χ0) is 11.1. The standard InChI is InChI=1S/C9H10N4O2/c1-15-9(14)8-5-4-7(12-8)3-2-6-11-13-10/h2-5,12H,6H2,1H3. The number of aromatic nitrogens is 1. The maximum atomic E-state index is 11.1. The van der Waals surface area contributed by atoms with Crippen LogP contribution in [0.15, 0.2) is 23.3 Å². The zero-order valence-electron chi connectivity index (χ0n) is 8.17. The Morgan fingerprint density at radius 3 is 3.20 bits per heavy atom. The molecule has 78 valence electrons. The van der Waals surface area contributed by atoms with E-state index in [0.29, 0.717) is 5.69 Å². The first kappa shape index (κ1) is 10.9. The summed E-state index contributed by atoms with van der Waals surface area (Å²) in [7, 11) is 1.32. The molecule has 0 radical (unpaired) electrons. The fourth-order valence-electron chi connectivity index (χ4n) is 1.00. The largest absolute Gasteiger partial charge is 0.464 e. The molecule has 1 N–H and O–H groups in total. The number of nitrogens with zero attached hydrogens (tertiary/aromatic N) is 3. The van der Waals surface area contributed by atoms with Crippen molar-refractivity contribution >= 4 is 12.0 Å². The molecule has 0 fully saturated rings. The summed E-state index contributed by atoms with van der Waals surface area (Å²) in [4.78, 5) is 16.5. The van der Waals surface area contributed by atoms with Gasteiger partial charge in [-0.25, -0.2) is 4.79 Å². The number of hydrogen-bond acceptors (Lipinski definition) is 3. The summed E-state index contributed by atoms with van der Waals surface area (Å²) in [5, 5.41) is 3.33. The van der Waals surface area contributed by atoms with E-state index in [9.17, 15) is 4.79 Å². The lowest BCUT2D eigenvalue weighted by atomic mass is 10.4. The maximum absolute atomic E-state index is 11.1. The second-order valence-electron chi connectivity index (χ2n) is 2.63. The van der Waals surface area contributed by atoms with E-state index < -0.39 is 5.97 Å². The highest BCUT2D eigenvalue weighted by Crippen LogP contribution is 2.04. The van der Waals surface area contributed by atoms with Crippen LogP contribution < -0.4 is 0 Å². The molecule has 0 amide bonds. The van der Waals surface area contributed by atoms with Crippen LogP contribution in [0.5, 0.6) is 0 Å². The molecule has 0 aliphatic heterocycles. The molecule has 0 spiro atoms. The molecule has 1 rings (SSSR count). The molecule has 0 bridgehead atoms. The van der Waals surface area contributed by atoms with Gasteiger partial charge in [0.05, 0.1) is 7.11 Å². The highest BCUT2D eigenvalue weighted by atomic mass is 16.5. The van der Waals surface area contributed by atoms with Crippen molar-refractivity contribution < 1.29 is 9.53 Å². The molecular weight excluding hydrogens is 196 g/mol. The molecule has 15 heavy (non-hydrogen) atoms. The minimum absolute atomic E-state index is 0.281. The molecule has 6 heteroatoms. The van der Waals surface area contributed by atoms with Gasteiger partial charge in [-0.05, 0) is 23.7 Å². The van der Waals surface area contributed by atoms with Crippen LogP contribution in [-0.2, 0) is 4.74 Å². The molecule has 0 unspecified atom stereocenters. The molecule has 1 heterocycles. The Morgan fingerprint density at radius 2 is 2.53 bits per heavy atom. The smallest absolute Gasteiger partial charge is 0.354 e. The van der Waals surface area contributed by atoms with Crippen molar-refractivity contribution in [1.82, 2.24) is 4.98 Å². The van der Waals surface area contributed by atoms with Crippen LogP contribution in [-0.4, -0.2) is 24.6 Å². The number of carbonyl (C=O) groups is 1. The zero-order valence-corrected chi connectivity index (χ0v) is 8.17. The van der Waals surface area contributed by atoms with E-state index in [1.165, 1.54) is 7.11 Å². The van der Waals surface area contributed by atoms with E-state index >= 15 is 0 Å². The average Bonchev–Trinajstić information content (AvgIpc) is 2.72. The number of rotatable bonds is 4. The van der Waals surface area contributed by atoms with E-state index in [1.807, 2.05) is 0 Å². The highest BCUT2D eigenvalue weighted by Gasteiger charge is 2.05. The molecule has 1 aromatic heterocycles. The first-order chi connectivity index (χ1) is 7.27. The lowest BCUT2D eigenvalue weighted by Crippen LogP contribution is -2.00. The predicted octanol–water partition coefficient (Wildman–Crippen LogP) is 2.12. The van der Waals surface area contributed by atoms with E-state index in [0.717, 1.165) is 5.69 Å². The van der Waals surface area contributed by atoms with Crippen LogP contribution in [0.2, 0.25) is 0 Å². The molecule has 0 saturated carbocycles. The predicted molar refractivity (Wildman–Crippen MR) is 55.2 cm³/mol. The number of esters is 1. The first-order valence-electron chi connectivity index (χ1n) is 4.22. The number of H-pyrrole nitrogens is 1. The Bertz CT molecular complexity index is 416. The van der Waals surface area contributed by atoms with Crippen molar-refractivity contribution in [2.45, 2.75) is 0 Å². The van der Waals surface area contributed by atoms with Crippen LogP contribution >= 0.6 is 0 Å². The third-order valence-corrected chi connectivity index (χ3v) is 1.66. The molecule has 6 nitrogen and oxygen atoms in total. The minimum atomic E-state index is -0.412. The first-order valence-corrected chi connectivity index (χ1v) is 4.22. The molecule has 0 saturated heterocycles. The van der Waals surface area contributed by atoms with Crippen molar-refractivity contribution in [3.8, 4) is 0 Å². The molecule has 1 aromatic rings. The van der Waals surface area contributed by atoms with E-state index in [2.05, 4.69) is 19.7 Å². The highest BCUT2D eigenvalue weighted by molar-refractivity contribution is 5.87. The second kappa shape index (κ2) is 5.51. The van der Waals surface area contributed by atoms with Crippen LogP contribution in [0.4, 0.5) is 0 Å². The Balaban J connectivity index is 2.64. The van der Waals surface area contributed by atoms with Crippen molar-refractivity contribution in [1.29, 1.82) is 0 Å². The number of carbonyl (C=O) groups excluding carboxylic acids is 1. The van der Waals surface area contributed by atoms with Crippen molar-refractivity contribution in [2.24, 2.45) is 5.11 Å². The number of nitrogens with one attached hydrogen (secondary N) is 1. The van der Waals surface area contributed by atoms with Gasteiger partial charge in [0.15, 0.2) is 0 Å². The van der Waals surface area contributed by atoms with Gasteiger partial charge in [0.1, 0.15) is 5.69 Å². The Labute approximate surface area is 86.2 Å². The number of azide groups is 1. The van der Waals surface area contributed by atoms with Crippen LogP contribution in [0.25, 0.3) is 16.5 Å². The fraction of sp³-hybridized carbons (Fsp3) is 0.222. The van der Waals surface area contributed by atoms with Gasteiger partial charge in [0.2, 0.25) is 0 Å². The monoisotopic (exact) mass is 206 g/mol. The van der Waals surface area contributed by atoms with Gasteiger partial charge >= 0.3 is 5.97 Å². The van der Waals surface area contributed by atoms with Gasteiger partial charge in [-0.2, -0.15) is 0 Å². The van der Waals surface area contributed by atoms with Gasteiger partial charge in [-0.1, -0.05) is 11.2 Å². The van der Waals surface area contributed by atoms with E-state index in [4.69, 9.17) is 5.53 Å². The minimum Gasteiger partial charge on any atom is -0.464 e. The molecule has 0 atom stereocenters. The van der Waals surface area contributed by atoms with Crippen LogP contribution in [0.1, 0.15) is 16.2 Å². The molecule has 0 aromatic carbocycles. The molecule has 0 aliphatic carbocycles.